The van der Waals surface area contributed by atoms with Crippen LogP contribution in [0, 0.1) is 0 Å². The molecule has 1 aliphatic rings. The molecule has 0 radical (unpaired) electrons. The third-order valence-corrected chi connectivity index (χ3v) is 3.37. The number of hydrogen-bond acceptors (Lipinski definition) is 2. The van der Waals surface area contributed by atoms with Crippen LogP contribution in [0.2, 0.25) is 10.0 Å². The summed E-state index contributed by atoms with van der Waals surface area (Å²) in [6.45, 7) is 4.29. The lowest BCUT2D eigenvalue weighted by Gasteiger charge is -2.32. The third-order valence-electron chi connectivity index (χ3n) is 2.82. The van der Waals surface area contributed by atoms with Crippen molar-refractivity contribution in [3.8, 4) is 0 Å². The van der Waals surface area contributed by atoms with Gasteiger partial charge in [-0.1, -0.05) is 23.2 Å². The molecule has 1 aromatic carbocycles. The fourth-order valence-electron chi connectivity index (χ4n) is 1.95. The van der Waals surface area contributed by atoms with Crippen LogP contribution in [0.3, 0.4) is 0 Å². The maximum atomic E-state index is 12.2. The summed E-state index contributed by atoms with van der Waals surface area (Å²) in [5.74, 6) is -0.0278. The second-order valence-corrected chi connectivity index (χ2v) is 5.07. The number of nitrogens with zero attached hydrogens (tertiary/aromatic N) is 1. The molecule has 1 atom stereocenters. The average Bonchev–Trinajstić information content (AvgIpc) is 2.28. The van der Waals surface area contributed by atoms with Gasteiger partial charge in [0.2, 0.25) is 0 Å². The Labute approximate surface area is 111 Å². The summed E-state index contributed by atoms with van der Waals surface area (Å²) < 4.78 is 0. The van der Waals surface area contributed by atoms with Crippen LogP contribution in [0.15, 0.2) is 18.2 Å². The van der Waals surface area contributed by atoms with Gasteiger partial charge in [0.1, 0.15) is 0 Å². The zero-order chi connectivity index (χ0) is 12.4. The fraction of sp³-hybridized carbons (Fsp3) is 0.417. The third kappa shape index (κ3) is 2.92. The number of halogens is 2. The first-order valence-electron chi connectivity index (χ1n) is 5.55. The first-order chi connectivity index (χ1) is 8.08. The lowest BCUT2D eigenvalue weighted by molar-refractivity contribution is 0.0709. The molecule has 0 aromatic heterocycles. The molecule has 0 spiro atoms. The fourth-order valence-corrected chi connectivity index (χ4v) is 2.44. The molecule has 1 heterocycles. The molecule has 1 saturated heterocycles. The number of carbonyl (C=O) groups excluding carboxylic acids is 1. The van der Waals surface area contributed by atoms with Gasteiger partial charge in [0.05, 0.1) is 10.6 Å². The largest absolute Gasteiger partial charge is 0.336 e. The monoisotopic (exact) mass is 272 g/mol. The van der Waals surface area contributed by atoms with Crippen molar-refractivity contribution in [1.82, 2.24) is 10.2 Å². The molecule has 1 aliphatic heterocycles. The molecule has 3 nitrogen and oxygen atoms in total. The second kappa shape index (κ2) is 5.25. The maximum absolute atomic E-state index is 12.2. The number of amides is 1. The summed E-state index contributed by atoms with van der Waals surface area (Å²) in [4.78, 5) is 14.1. The van der Waals surface area contributed by atoms with E-state index in [-0.39, 0.29) is 5.91 Å². The Morgan fingerprint density at radius 2 is 2.24 bits per heavy atom. The lowest BCUT2D eigenvalue weighted by Crippen LogP contribution is -2.51. The molecule has 5 heteroatoms. The normalized spacial score (nSPS) is 20.4. The molecule has 1 fully saturated rings. The highest BCUT2D eigenvalue weighted by molar-refractivity contribution is 6.36. The van der Waals surface area contributed by atoms with Crippen LogP contribution >= 0.6 is 23.2 Å². The minimum Gasteiger partial charge on any atom is -0.336 e. The van der Waals surface area contributed by atoms with Crippen molar-refractivity contribution >= 4 is 29.1 Å². The summed E-state index contributed by atoms with van der Waals surface area (Å²) in [5.41, 5.74) is 0.519. The van der Waals surface area contributed by atoms with E-state index in [0.717, 1.165) is 6.54 Å². The summed E-state index contributed by atoms with van der Waals surface area (Å²) in [5, 5.41) is 4.25. The Morgan fingerprint density at radius 3 is 2.88 bits per heavy atom. The maximum Gasteiger partial charge on any atom is 0.255 e. The van der Waals surface area contributed by atoms with E-state index in [1.165, 1.54) is 0 Å². The minimum absolute atomic E-state index is 0.0278. The lowest BCUT2D eigenvalue weighted by atomic mass is 10.1. The second-order valence-electron chi connectivity index (χ2n) is 4.23. The highest BCUT2D eigenvalue weighted by Crippen LogP contribution is 2.22. The Morgan fingerprint density at radius 1 is 1.47 bits per heavy atom. The zero-order valence-corrected chi connectivity index (χ0v) is 11.1. The van der Waals surface area contributed by atoms with E-state index < -0.39 is 0 Å². The number of rotatable bonds is 1. The minimum atomic E-state index is -0.0278. The Hall–Kier alpha value is -0.770. The number of nitrogens with one attached hydrogen (secondary N) is 1. The highest BCUT2D eigenvalue weighted by Gasteiger charge is 2.23. The molecule has 0 aliphatic carbocycles. The predicted octanol–water partition coefficient (Wildman–Crippen LogP) is 2.43. The van der Waals surface area contributed by atoms with Gasteiger partial charge in [0.25, 0.3) is 5.91 Å². The number of benzene rings is 1. The summed E-state index contributed by atoms with van der Waals surface area (Å²) >= 11 is 11.8. The molecule has 1 amide bonds. The van der Waals surface area contributed by atoms with Crippen LogP contribution in [0.5, 0.6) is 0 Å². The molecule has 1 aromatic rings. The molecule has 17 heavy (non-hydrogen) atoms. The van der Waals surface area contributed by atoms with Gasteiger partial charge in [-0.25, -0.2) is 0 Å². The van der Waals surface area contributed by atoms with Gasteiger partial charge in [-0.2, -0.15) is 0 Å². The Bertz CT molecular complexity index is 437. The molecule has 1 unspecified atom stereocenters. The van der Waals surface area contributed by atoms with Crippen molar-refractivity contribution in [2.75, 3.05) is 19.6 Å². The molecule has 92 valence electrons. The Balaban J connectivity index is 2.18. The first-order valence-corrected chi connectivity index (χ1v) is 6.31. The van der Waals surface area contributed by atoms with Crippen molar-refractivity contribution < 1.29 is 4.79 Å². The average molecular weight is 273 g/mol. The van der Waals surface area contributed by atoms with E-state index in [1.54, 1.807) is 18.2 Å². The van der Waals surface area contributed by atoms with Gasteiger partial charge in [-0.15, -0.1) is 0 Å². The molecule has 2 rings (SSSR count). The van der Waals surface area contributed by atoms with Crippen LogP contribution in [0.25, 0.3) is 0 Å². The van der Waals surface area contributed by atoms with Crippen LogP contribution in [0.1, 0.15) is 17.3 Å². The topological polar surface area (TPSA) is 32.3 Å². The highest BCUT2D eigenvalue weighted by atomic mass is 35.5. The van der Waals surface area contributed by atoms with E-state index in [9.17, 15) is 4.79 Å². The van der Waals surface area contributed by atoms with E-state index in [1.807, 2.05) is 4.90 Å². The summed E-state index contributed by atoms with van der Waals surface area (Å²) in [7, 11) is 0. The van der Waals surface area contributed by atoms with Crippen molar-refractivity contribution in [2.24, 2.45) is 0 Å². The zero-order valence-electron chi connectivity index (χ0n) is 9.54. The molecule has 1 N–H and O–H groups in total. The first kappa shape index (κ1) is 12.7. The number of hydrogen-bond donors (Lipinski definition) is 1. The van der Waals surface area contributed by atoms with Crippen LogP contribution in [-0.4, -0.2) is 36.5 Å². The van der Waals surface area contributed by atoms with Crippen molar-refractivity contribution in [3.63, 3.8) is 0 Å². The van der Waals surface area contributed by atoms with Crippen molar-refractivity contribution in [3.05, 3.63) is 33.8 Å². The molecular formula is C12H14Cl2N2O. The predicted molar refractivity (Wildman–Crippen MR) is 69.8 cm³/mol. The van der Waals surface area contributed by atoms with Gasteiger partial charge < -0.3 is 10.2 Å². The standard InChI is InChI=1S/C12H14Cl2N2O/c1-8-7-16(5-4-15-8)12(17)10-3-2-9(13)6-11(10)14/h2-3,6,8,15H,4-5,7H2,1H3. The summed E-state index contributed by atoms with van der Waals surface area (Å²) in [6, 6.07) is 5.28. The van der Waals surface area contributed by atoms with Crippen LogP contribution in [0.4, 0.5) is 0 Å². The van der Waals surface area contributed by atoms with E-state index >= 15 is 0 Å². The summed E-state index contributed by atoms with van der Waals surface area (Å²) in [6.07, 6.45) is 0. The smallest absolute Gasteiger partial charge is 0.255 e. The van der Waals surface area contributed by atoms with Gasteiger partial charge in [-0.05, 0) is 25.1 Å². The Kier molecular flexibility index (Phi) is 3.92. The van der Waals surface area contributed by atoms with Gasteiger partial charge in [-0.3, -0.25) is 4.79 Å². The van der Waals surface area contributed by atoms with E-state index in [2.05, 4.69) is 12.2 Å². The van der Waals surface area contributed by atoms with Crippen molar-refractivity contribution in [1.29, 1.82) is 0 Å². The van der Waals surface area contributed by atoms with Crippen molar-refractivity contribution in [2.45, 2.75) is 13.0 Å². The molecule has 0 bridgehead atoms. The van der Waals surface area contributed by atoms with Gasteiger partial charge in [0.15, 0.2) is 0 Å². The van der Waals surface area contributed by atoms with E-state index in [0.29, 0.717) is 34.7 Å². The molecule has 0 saturated carbocycles. The quantitative estimate of drug-likeness (QED) is 0.852. The SMILES string of the molecule is CC1CN(C(=O)c2ccc(Cl)cc2Cl)CCN1. The van der Waals surface area contributed by atoms with Gasteiger partial charge >= 0.3 is 0 Å². The molecular weight excluding hydrogens is 259 g/mol. The van der Waals surface area contributed by atoms with Crippen LogP contribution in [-0.2, 0) is 0 Å². The van der Waals surface area contributed by atoms with Gasteiger partial charge in [0, 0.05) is 30.7 Å². The van der Waals surface area contributed by atoms with Crippen LogP contribution < -0.4 is 5.32 Å². The number of piperazine rings is 1. The number of carbonyl (C=O) groups is 1. The van der Waals surface area contributed by atoms with E-state index in [4.69, 9.17) is 23.2 Å².